The van der Waals surface area contributed by atoms with E-state index in [1.165, 1.54) is 6.20 Å². The van der Waals surface area contributed by atoms with Gasteiger partial charge in [0, 0.05) is 13.0 Å². The maximum absolute atomic E-state index is 13.5. The molecule has 0 atom stereocenters. The van der Waals surface area contributed by atoms with Crippen LogP contribution < -0.4 is 14.2 Å². The monoisotopic (exact) mass is 372 g/mol. The van der Waals surface area contributed by atoms with Crippen molar-refractivity contribution in [2.24, 2.45) is 0 Å². The van der Waals surface area contributed by atoms with Gasteiger partial charge in [0.2, 0.25) is 5.75 Å². The minimum absolute atomic E-state index is 0.465. The van der Waals surface area contributed by atoms with E-state index in [2.05, 4.69) is 21.5 Å². The number of halogens is 1. The predicted octanol–water partition coefficient (Wildman–Crippen LogP) is 3.16. The maximum atomic E-state index is 13.5. The number of nitrogens with zero attached hydrogens (tertiary/aromatic N) is 4. The van der Waals surface area contributed by atoms with Crippen molar-refractivity contribution in [3.63, 3.8) is 0 Å². The number of imidazole rings is 1. The van der Waals surface area contributed by atoms with Gasteiger partial charge in [0.15, 0.2) is 17.1 Å². The van der Waals surface area contributed by atoms with Crippen LogP contribution in [0.2, 0.25) is 0 Å². The minimum Gasteiger partial charge on any atom is -0.493 e. The molecule has 0 radical (unpaired) electrons. The molecular weight excluding hydrogens is 351 g/mol. The van der Waals surface area contributed by atoms with Gasteiger partial charge >= 0.3 is 6.08 Å². The molecule has 0 fully saturated rings. The molecule has 27 heavy (non-hydrogen) atoms. The predicted molar refractivity (Wildman–Crippen MR) is 99.0 cm³/mol. The summed E-state index contributed by atoms with van der Waals surface area (Å²) >= 11 is 0. The molecule has 0 saturated heterocycles. The van der Waals surface area contributed by atoms with Crippen LogP contribution in [0.15, 0.2) is 31.0 Å². The fourth-order valence-corrected chi connectivity index (χ4v) is 2.96. The molecule has 0 amide bonds. The molecule has 0 bridgehead atoms. The van der Waals surface area contributed by atoms with Gasteiger partial charge in [-0.25, -0.2) is 9.97 Å². The van der Waals surface area contributed by atoms with E-state index in [0.29, 0.717) is 47.8 Å². The van der Waals surface area contributed by atoms with Gasteiger partial charge in [-0.1, -0.05) is 6.08 Å². The van der Waals surface area contributed by atoms with E-state index in [1.807, 2.05) is 16.7 Å². The smallest absolute Gasteiger partial charge is 0.310 e. The van der Waals surface area contributed by atoms with Crippen LogP contribution in [-0.4, -0.2) is 40.8 Å². The average Bonchev–Trinajstić information content (AvgIpc) is 3.01. The number of aromatic nitrogens is 4. The van der Waals surface area contributed by atoms with Crippen LogP contribution in [0, 0.1) is 6.08 Å². The van der Waals surface area contributed by atoms with Crippen LogP contribution in [-0.2, 0) is 13.0 Å². The van der Waals surface area contributed by atoms with Crippen LogP contribution in [0.5, 0.6) is 17.2 Å². The van der Waals surface area contributed by atoms with Crippen molar-refractivity contribution in [1.29, 1.82) is 0 Å². The van der Waals surface area contributed by atoms with Gasteiger partial charge in [-0.15, -0.1) is 6.58 Å². The van der Waals surface area contributed by atoms with Crippen molar-refractivity contribution in [2.75, 3.05) is 21.3 Å². The zero-order valence-electron chi connectivity index (χ0n) is 15.5. The number of methoxy groups -OCH3 is 3. The van der Waals surface area contributed by atoms with Crippen molar-refractivity contribution in [1.82, 2.24) is 19.5 Å². The van der Waals surface area contributed by atoms with E-state index in [-0.39, 0.29) is 0 Å². The number of hydrogen-bond donors (Lipinski definition) is 0. The summed E-state index contributed by atoms with van der Waals surface area (Å²) in [5.74, 6) is 2.38. The Hall–Kier alpha value is -3.16. The Balaban J connectivity index is 2.07. The van der Waals surface area contributed by atoms with Crippen molar-refractivity contribution in [2.45, 2.75) is 19.4 Å². The Kier molecular flexibility index (Phi) is 5.54. The molecule has 0 unspecified atom stereocenters. The number of aryl methyl sites for hydroxylation is 1. The summed E-state index contributed by atoms with van der Waals surface area (Å²) in [6.07, 6.45) is 3.60. The van der Waals surface area contributed by atoms with E-state index in [4.69, 9.17) is 14.2 Å². The number of rotatable bonds is 8. The Morgan fingerprint density at radius 1 is 1.11 bits per heavy atom. The molecule has 0 saturated carbocycles. The third-order valence-electron chi connectivity index (χ3n) is 4.18. The molecule has 1 aromatic carbocycles. The molecule has 0 aliphatic rings. The van der Waals surface area contributed by atoms with E-state index in [9.17, 15) is 4.39 Å². The average molecular weight is 372 g/mol. The second kappa shape index (κ2) is 8.03. The number of hydrogen-bond acceptors (Lipinski definition) is 6. The fourth-order valence-electron chi connectivity index (χ4n) is 2.96. The van der Waals surface area contributed by atoms with Crippen molar-refractivity contribution < 1.29 is 18.6 Å². The summed E-state index contributed by atoms with van der Waals surface area (Å²) < 4.78 is 31.6. The highest BCUT2D eigenvalue weighted by atomic mass is 19.1. The van der Waals surface area contributed by atoms with Gasteiger partial charge < -0.3 is 18.8 Å². The zero-order chi connectivity index (χ0) is 19.4. The lowest BCUT2D eigenvalue weighted by atomic mass is 10.1. The highest BCUT2D eigenvalue weighted by molar-refractivity contribution is 5.70. The third kappa shape index (κ3) is 3.69. The molecule has 7 nitrogen and oxygen atoms in total. The fraction of sp³-hybridized carbons (Fsp3) is 0.316. The lowest BCUT2D eigenvalue weighted by molar-refractivity contribution is 0.324. The topological polar surface area (TPSA) is 71.3 Å². The quantitative estimate of drug-likeness (QED) is 0.447. The van der Waals surface area contributed by atoms with Gasteiger partial charge in [0.25, 0.3) is 0 Å². The molecule has 2 heterocycles. The molecule has 8 heteroatoms. The highest BCUT2D eigenvalue weighted by Gasteiger charge is 2.17. The molecule has 0 spiro atoms. The summed E-state index contributed by atoms with van der Waals surface area (Å²) in [4.78, 5) is 12.1. The Bertz CT molecular complexity index is 946. The summed E-state index contributed by atoms with van der Waals surface area (Å²) in [6, 6.07) is 3.73. The van der Waals surface area contributed by atoms with Gasteiger partial charge in [-0.05, 0) is 24.1 Å². The second-order valence-corrected chi connectivity index (χ2v) is 5.82. The molecule has 142 valence electrons. The first-order valence-electron chi connectivity index (χ1n) is 8.38. The summed E-state index contributed by atoms with van der Waals surface area (Å²) in [5.41, 5.74) is 1.92. The van der Waals surface area contributed by atoms with Crippen LogP contribution in [0.4, 0.5) is 4.39 Å². The molecule has 0 aliphatic carbocycles. The molecule has 2 aromatic heterocycles. The minimum atomic E-state index is -0.776. The lowest BCUT2D eigenvalue weighted by Crippen LogP contribution is -2.06. The zero-order valence-corrected chi connectivity index (χ0v) is 15.5. The summed E-state index contributed by atoms with van der Waals surface area (Å²) in [6.45, 7) is 4.34. The number of ether oxygens (including phenoxy) is 3. The van der Waals surface area contributed by atoms with Gasteiger partial charge in [-0.3, -0.25) is 0 Å². The standard InChI is InChI=1S/C19H21FN4O3/c1-5-6-7-24-16(22-13-11-21-19(20)23-18(13)24)10-12-8-14(25-2)17(27-4)15(9-12)26-3/h5,8-9,11H,1,6-7,10H2,2-4H3. The number of fused-ring (bicyclic) bond motifs is 1. The first-order valence-corrected chi connectivity index (χ1v) is 8.38. The Morgan fingerprint density at radius 2 is 1.81 bits per heavy atom. The van der Waals surface area contributed by atoms with Crippen LogP contribution in [0.3, 0.4) is 0 Å². The maximum Gasteiger partial charge on any atom is 0.310 e. The van der Waals surface area contributed by atoms with Crippen LogP contribution >= 0.6 is 0 Å². The van der Waals surface area contributed by atoms with Gasteiger partial charge in [0.05, 0.1) is 27.5 Å². The van der Waals surface area contributed by atoms with Crippen molar-refractivity contribution in [3.05, 3.63) is 48.5 Å². The first-order chi connectivity index (χ1) is 13.1. The van der Waals surface area contributed by atoms with Gasteiger partial charge in [-0.2, -0.15) is 9.37 Å². The SMILES string of the molecule is C=CCCn1c(Cc2cc(OC)c(OC)c(OC)c2)nc2cnc(F)nc21. The van der Waals surface area contributed by atoms with Crippen molar-refractivity contribution >= 4 is 11.2 Å². The third-order valence-corrected chi connectivity index (χ3v) is 4.18. The van der Waals surface area contributed by atoms with Crippen LogP contribution in [0.1, 0.15) is 17.8 Å². The molecular formula is C19H21FN4O3. The van der Waals surface area contributed by atoms with E-state index >= 15 is 0 Å². The second-order valence-electron chi connectivity index (χ2n) is 5.82. The number of allylic oxidation sites excluding steroid dienone is 1. The van der Waals surface area contributed by atoms with E-state index in [1.54, 1.807) is 27.4 Å². The largest absolute Gasteiger partial charge is 0.493 e. The highest BCUT2D eigenvalue weighted by Crippen LogP contribution is 2.38. The van der Waals surface area contributed by atoms with Gasteiger partial charge in [0.1, 0.15) is 11.3 Å². The molecule has 3 rings (SSSR count). The summed E-state index contributed by atoms with van der Waals surface area (Å²) in [5, 5.41) is 0. The Morgan fingerprint density at radius 3 is 2.41 bits per heavy atom. The van der Waals surface area contributed by atoms with E-state index in [0.717, 1.165) is 11.4 Å². The first kappa shape index (κ1) is 18.6. The van der Waals surface area contributed by atoms with Crippen LogP contribution in [0.25, 0.3) is 11.2 Å². The normalized spacial score (nSPS) is 10.8. The molecule has 3 aromatic rings. The van der Waals surface area contributed by atoms with E-state index < -0.39 is 6.08 Å². The lowest BCUT2D eigenvalue weighted by Gasteiger charge is -2.14. The summed E-state index contributed by atoms with van der Waals surface area (Å²) in [7, 11) is 4.69. The number of benzene rings is 1. The molecule has 0 N–H and O–H groups in total. The Labute approximate surface area is 156 Å². The molecule has 0 aliphatic heterocycles. The van der Waals surface area contributed by atoms with Crippen molar-refractivity contribution in [3.8, 4) is 17.2 Å².